The first kappa shape index (κ1) is 20.9. The van der Waals surface area contributed by atoms with Gasteiger partial charge in [0, 0.05) is 37.9 Å². The Balaban J connectivity index is 1.47. The highest BCUT2D eigenvalue weighted by molar-refractivity contribution is 5.79. The lowest BCUT2D eigenvalue weighted by atomic mass is 10.2. The van der Waals surface area contributed by atoms with Crippen molar-refractivity contribution in [3.63, 3.8) is 0 Å². The van der Waals surface area contributed by atoms with Gasteiger partial charge in [0.15, 0.2) is 5.96 Å². The predicted octanol–water partition coefficient (Wildman–Crippen LogP) is 2.18. The van der Waals surface area contributed by atoms with E-state index in [2.05, 4.69) is 33.5 Å². The lowest BCUT2D eigenvalue weighted by Crippen LogP contribution is -2.40. The van der Waals surface area contributed by atoms with Gasteiger partial charge in [-0.3, -0.25) is 4.90 Å². The molecule has 7 nitrogen and oxygen atoms in total. The van der Waals surface area contributed by atoms with Crippen LogP contribution in [0.3, 0.4) is 0 Å². The number of guanidine groups is 1. The van der Waals surface area contributed by atoms with E-state index in [1.807, 2.05) is 6.07 Å². The molecule has 0 spiro atoms. The van der Waals surface area contributed by atoms with E-state index < -0.39 is 0 Å². The summed E-state index contributed by atoms with van der Waals surface area (Å²) >= 11 is 0. The number of ether oxygens (including phenoxy) is 2. The number of aliphatic imine (C=N–C) groups is 1. The lowest BCUT2D eigenvalue weighted by molar-refractivity contribution is 0.0376. The van der Waals surface area contributed by atoms with Gasteiger partial charge >= 0.3 is 0 Å². The molecule has 1 aromatic rings. The van der Waals surface area contributed by atoms with Crippen LogP contribution in [-0.2, 0) is 11.3 Å². The Hall–Kier alpha value is -1.86. The van der Waals surface area contributed by atoms with Gasteiger partial charge in [-0.1, -0.05) is 6.07 Å². The molecule has 156 valence electrons. The topological polar surface area (TPSA) is 71.0 Å². The second kappa shape index (κ2) is 11.9. The number of nitrogens with zero attached hydrogens (tertiary/aromatic N) is 3. The summed E-state index contributed by atoms with van der Waals surface area (Å²) in [6, 6.07) is 4.01. The average Bonchev–Trinajstić information content (AvgIpc) is 3.24. The third-order valence-corrected chi connectivity index (χ3v) is 5.23. The summed E-state index contributed by atoms with van der Waals surface area (Å²) in [7, 11) is 0. The molecule has 1 aliphatic carbocycles. The van der Waals surface area contributed by atoms with E-state index in [4.69, 9.17) is 14.5 Å². The molecule has 0 aromatic carbocycles. The van der Waals surface area contributed by atoms with Gasteiger partial charge in [-0.25, -0.2) is 9.98 Å². The van der Waals surface area contributed by atoms with Gasteiger partial charge in [-0.05, 0) is 51.6 Å². The minimum atomic E-state index is 0.309. The van der Waals surface area contributed by atoms with Crippen LogP contribution in [0.25, 0.3) is 0 Å². The summed E-state index contributed by atoms with van der Waals surface area (Å²) in [6.07, 6.45) is 7.97. The van der Waals surface area contributed by atoms with Crippen molar-refractivity contribution in [2.45, 2.75) is 51.7 Å². The van der Waals surface area contributed by atoms with Gasteiger partial charge in [0.2, 0.25) is 5.88 Å². The Kier molecular flexibility index (Phi) is 8.84. The van der Waals surface area contributed by atoms with Crippen molar-refractivity contribution in [2.24, 2.45) is 4.99 Å². The van der Waals surface area contributed by atoms with Crippen molar-refractivity contribution in [1.82, 2.24) is 20.5 Å². The number of aromatic nitrogens is 1. The minimum Gasteiger partial charge on any atom is -0.474 e. The molecule has 0 radical (unpaired) electrons. The van der Waals surface area contributed by atoms with Crippen molar-refractivity contribution in [1.29, 1.82) is 0 Å². The smallest absolute Gasteiger partial charge is 0.218 e. The average molecular weight is 390 g/mol. The highest BCUT2D eigenvalue weighted by atomic mass is 16.5. The summed E-state index contributed by atoms with van der Waals surface area (Å²) in [4.78, 5) is 11.6. The molecule has 7 heteroatoms. The molecule has 0 unspecified atom stereocenters. The molecule has 2 fully saturated rings. The van der Waals surface area contributed by atoms with Crippen molar-refractivity contribution in [3.8, 4) is 5.88 Å². The van der Waals surface area contributed by atoms with Crippen molar-refractivity contribution < 1.29 is 9.47 Å². The van der Waals surface area contributed by atoms with Crippen LogP contribution in [-0.4, -0.2) is 67.9 Å². The molecular weight excluding hydrogens is 354 g/mol. The number of rotatable bonds is 9. The highest BCUT2D eigenvalue weighted by Gasteiger charge is 2.18. The lowest BCUT2D eigenvalue weighted by Gasteiger charge is -2.26. The van der Waals surface area contributed by atoms with Gasteiger partial charge in [-0.15, -0.1) is 0 Å². The second-order valence-corrected chi connectivity index (χ2v) is 7.42. The summed E-state index contributed by atoms with van der Waals surface area (Å²) in [5, 5.41) is 6.77. The van der Waals surface area contributed by atoms with E-state index in [0.29, 0.717) is 12.6 Å². The SMILES string of the molecule is CCNC(=NCc1cccnc1OC1CCCC1)NCCCN1CCOCC1. The third-order valence-electron chi connectivity index (χ3n) is 5.23. The quantitative estimate of drug-likeness (QED) is 0.383. The van der Waals surface area contributed by atoms with E-state index in [-0.39, 0.29) is 0 Å². The number of pyridine rings is 1. The van der Waals surface area contributed by atoms with E-state index in [1.165, 1.54) is 12.8 Å². The Morgan fingerprint density at radius 3 is 2.89 bits per heavy atom. The standard InChI is InChI=1S/C21H35N5O2/c1-2-22-21(24-11-6-12-26-13-15-27-16-14-26)25-17-18-7-5-10-23-20(18)28-19-8-3-4-9-19/h5,7,10,19H,2-4,6,8-9,11-17H2,1H3,(H2,22,24,25). The summed E-state index contributed by atoms with van der Waals surface area (Å²) in [5.41, 5.74) is 1.04. The van der Waals surface area contributed by atoms with Gasteiger partial charge in [-0.2, -0.15) is 0 Å². The number of morpholine rings is 1. The van der Waals surface area contributed by atoms with Gasteiger partial charge in [0.1, 0.15) is 6.10 Å². The minimum absolute atomic E-state index is 0.309. The predicted molar refractivity (Wildman–Crippen MR) is 112 cm³/mol. The van der Waals surface area contributed by atoms with Gasteiger partial charge in [0.25, 0.3) is 0 Å². The van der Waals surface area contributed by atoms with Crippen LogP contribution >= 0.6 is 0 Å². The van der Waals surface area contributed by atoms with E-state index in [9.17, 15) is 0 Å². The number of hydrogen-bond acceptors (Lipinski definition) is 5. The third kappa shape index (κ3) is 6.95. The van der Waals surface area contributed by atoms with Crippen molar-refractivity contribution in [2.75, 3.05) is 45.9 Å². The largest absolute Gasteiger partial charge is 0.474 e. The molecule has 1 saturated carbocycles. The van der Waals surface area contributed by atoms with E-state index in [0.717, 1.165) is 82.6 Å². The fourth-order valence-corrected chi connectivity index (χ4v) is 3.65. The molecule has 0 bridgehead atoms. The Morgan fingerprint density at radius 1 is 1.29 bits per heavy atom. The molecule has 1 saturated heterocycles. The molecule has 0 atom stereocenters. The van der Waals surface area contributed by atoms with Crippen LogP contribution in [0.2, 0.25) is 0 Å². The van der Waals surface area contributed by atoms with Crippen molar-refractivity contribution in [3.05, 3.63) is 23.9 Å². The molecule has 1 aromatic heterocycles. The second-order valence-electron chi connectivity index (χ2n) is 7.42. The maximum absolute atomic E-state index is 6.13. The summed E-state index contributed by atoms with van der Waals surface area (Å²) < 4.78 is 11.5. The monoisotopic (exact) mass is 389 g/mol. The first-order valence-electron chi connectivity index (χ1n) is 10.8. The zero-order chi connectivity index (χ0) is 19.4. The summed E-state index contributed by atoms with van der Waals surface area (Å²) in [5.74, 6) is 1.58. The van der Waals surface area contributed by atoms with Crippen LogP contribution in [0.1, 0.15) is 44.6 Å². The molecule has 2 N–H and O–H groups in total. The zero-order valence-corrected chi connectivity index (χ0v) is 17.2. The van der Waals surface area contributed by atoms with Gasteiger partial charge < -0.3 is 20.1 Å². The molecule has 28 heavy (non-hydrogen) atoms. The Bertz CT molecular complexity index is 598. The number of nitrogens with one attached hydrogen (secondary N) is 2. The fraction of sp³-hybridized carbons (Fsp3) is 0.714. The fourth-order valence-electron chi connectivity index (χ4n) is 3.65. The first-order chi connectivity index (χ1) is 13.8. The molecule has 1 aliphatic heterocycles. The van der Waals surface area contributed by atoms with Crippen LogP contribution in [0.5, 0.6) is 5.88 Å². The maximum atomic E-state index is 6.13. The maximum Gasteiger partial charge on any atom is 0.218 e. The van der Waals surface area contributed by atoms with E-state index in [1.54, 1.807) is 6.20 Å². The highest BCUT2D eigenvalue weighted by Crippen LogP contribution is 2.25. The molecule has 2 heterocycles. The first-order valence-corrected chi connectivity index (χ1v) is 10.8. The van der Waals surface area contributed by atoms with Crippen LogP contribution in [0.15, 0.2) is 23.3 Å². The normalized spacial score (nSPS) is 19.0. The van der Waals surface area contributed by atoms with Crippen molar-refractivity contribution >= 4 is 5.96 Å². The van der Waals surface area contributed by atoms with Crippen LogP contribution in [0, 0.1) is 0 Å². The number of hydrogen-bond donors (Lipinski definition) is 2. The molecule has 2 aliphatic rings. The van der Waals surface area contributed by atoms with Crippen LogP contribution in [0.4, 0.5) is 0 Å². The van der Waals surface area contributed by atoms with Crippen LogP contribution < -0.4 is 15.4 Å². The zero-order valence-electron chi connectivity index (χ0n) is 17.2. The Morgan fingerprint density at radius 2 is 2.11 bits per heavy atom. The molecule has 0 amide bonds. The molecule has 3 rings (SSSR count). The Labute approximate surface area is 168 Å². The van der Waals surface area contributed by atoms with E-state index >= 15 is 0 Å². The summed E-state index contributed by atoms with van der Waals surface area (Å²) in [6.45, 7) is 9.28. The van der Waals surface area contributed by atoms with Gasteiger partial charge in [0.05, 0.1) is 19.8 Å². The molecular formula is C21H35N5O2.